The number of hydrogen-bond donors (Lipinski definition) is 1. The SMILES string of the molecule is CCCCCCCCCCCCCCC(C(O)CCCC)S(=O)(=O)[O-].[Na+]. The van der Waals surface area contributed by atoms with Crippen molar-refractivity contribution in [3.8, 4) is 0 Å². The molecule has 0 radical (unpaired) electrons. The largest absolute Gasteiger partial charge is 1.00 e. The molecule has 0 aromatic heterocycles. The number of rotatable bonds is 18. The molecule has 152 valence electrons. The van der Waals surface area contributed by atoms with Gasteiger partial charge in [-0.2, -0.15) is 0 Å². The van der Waals surface area contributed by atoms with E-state index in [1.165, 1.54) is 57.8 Å². The molecule has 2 unspecified atom stereocenters. The van der Waals surface area contributed by atoms with Gasteiger partial charge in [0.2, 0.25) is 0 Å². The Balaban J connectivity index is 0. The van der Waals surface area contributed by atoms with E-state index < -0.39 is 21.5 Å². The Labute approximate surface area is 185 Å². The molecule has 26 heavy (non-hydrogen) atoms. The predicted molar refractivity (Wildman–Crippen MR) is 105 cm³/mol. The van der Waals surface area contributed by atoms with Crippen molar-refractivity contribution in [2.45, 2.75) is 128 Å². The van der Waals surface area contributed by atoms with Crippen LogP contribution in [0, 0.1) is 0 Å². The smallest absolute Gasteiger partial charge is 0.748 e. The average molecular weight is 401 g/mol. The summed E-state index contributed by atoms with van der Waals surface area (Å²) < 4.78 is 34.1. The molecule has 4 nitrogen and oxygen atoms in total. The van der Waals surface area contributed by atoms with Crippen molar-refractivity contribution in [3.63, 3.8) is 0 Å². The van der Waals surface area contributed by atoms with Crippen LogP contribution in [-0.4, -0.2) is 29.4 Å². The zero-order valence-corrected chi connectivity index (χ0v) is 20.4. The van der Waals surface area contributed by atoms with Crippen LogP contribution in [0.25, 0.3) is 0 Å². The first-order valence-electron chi connectivity index (χ1n) is 10.6. The Morgan fingerprint density at radius 1 is 0.692 bits per heavy atom. The summed E-state index contributed by atoms with van der Waals surface area (Å²) in [6.07, 6.45) is 15.9. The van der Waals surface area contributed by atoms with E-state index in [1.54, 1.807) is 0 Å². The summed E-state index contributed by atoms with van der Waals surface area (Å²) in [5.74, 6) is 0. The third-order valence-electron chi connectivity index (χ3n) is 5.00. The maximum Gasteiger partial charge on any atom is 1.00 e. The predicted octanol–water partition coefficient (Wildman–Crippen LogP) is 2.55. The van der Waals surface area contributed by atoms with Crippen LogP contribution in [-0.2, 0) is 10.1 Å². The van der Waals surface area contributed by atoms with Gasteiger partial charge >= 0.3 is 29.6 Å². The second-order valence-corrected chi connectivity index (χ2v) is 9.01. The van der Waals surface area contributed by atoms with Gasteiger partial charge in [0.05, 0.1) is 11.4 Å². The molecule has 0 aromatic rings. The molecule has 0 aliphatic rings. The normalized spacial score (nSPS) is 14.0. The zero-order valence-electron chi connectivity index (χ0n) is 17.5. The van der Waals surface area contributed by atoms with Gasteiger partial charge in [-0.05, 0) is 12.8 Å². The molecule has 0 heterocycles. The monoisotopic (exact) mass is 400 g/mol. The van der Waals surface area contributed by atoms with Gasteiger partial charge in [-0.1, -0.05) is 104 Å². The van der Waals surface area contributed by atoms with Crippen molar-refractivity contribution >= 4 is 10.1 Å². The van der Waals surface area contributed by atoms with Crippen molar-refractivity contribution in [2.24, 2.45) is 0 Å². The molecule has 0 saturated carbocycles. The topological polar surface area (TPSA) is 77.4 Å². The molecule has 1 N–H and O–H groups in total. The third kappa shape index (κ3) is 17.0. The van der Waals surface area contributed by atoms with Crippen LogP contribution in [0.2, 0.25) is 0 Å². The van der Waals surface area contributed by atoms with E-state index in [1.807, 2.05) is 6.92 Å². The van der Waals surface area contributed by atoms with Crippen LogP contribution in [0.1, 0.15) is 117 Å². The van der Waals surface area contributed by atoms with Crippen molar-refractivity contribution in [1.82, 2.24) is 0 Å². The number of hydrogen-bond acceptors (Lipinski definition) is 4. The van der Waals surface area contributed by atoms with Gasteiger partial charge in [0.15, 0.2) is 0 Å². The minimum absolute atomic E-state index is 0. The Bertz CT molecular complexity index is 387. The van der Waals surface area contributed by atoms with Crippen molar-refractivity contribution in [3.05, 3.63) is 0 Å². The minimum atomic E-state index is -4.41. The number of aliphatic hydroxyl groups is 1. The molecule has 0 bridgehead atoms. The van der Waals surface area contributed by atoms with E-state index in [4.69, 9.17) is 0 Å². The van der Waals surface area contributed by atoms with E-state index in [2.05, 4.69) is 6.92 Å². The standard InChI is InChI=1S/C20H42O4S.Na/c1-3-5-7-8-9-10-11-12-13-14-15-16-18-20(25(22,23)24)19(21)17-6-4-2;/h19-21H,3-18H2,1-2H3,(H,22,23,24);/q;+1/p-1. The van der Waals surface area contributed by atoms with Crippen LogP contribution in [0.5, 0.6) is 0 Å². The Kier molecular flexibility index (Phi) is 21.5. The van der Waals surface area contributed by atoms with Crippen LogP contribution < -0.4 is 29.6 Å². The summed E-state index contributed by atoms with van der Waals surface area (Å²) in [7, 11) is -4.41. The van der Waals surface area contributed by atoms with Gasteiger partial charge in [-0.3, -0.25) is 0 Å². The van der Waals surface area contributed by atoms with E-state index in [9.17, 15) is 18.1 Å². The first-order valence-corrected chi connectivity index (χ1v) is 12.0. The van der Waals surface area contributed by atoms with Gasteiger partial charge in [-0.25, -0.2) is 8.42 Å². The Morgan fingerprint density at radius 3 is 1.46 bits per heavy atom. The molecule has 0 saturated heterocycles. The fourth-order valence-corrected chi connectivity index (χ4v) is 4.29. The Morgan fingerprint density at radius 2 is 1.08 bits per heavy atom. The summed E-state index contributed by atoms with van der Waals surface area (Å²) in [5, 5.41) is 8.85. The maximum absolute atomic E-state index is 11.4. The molecule has 0 spiro atoms. The number of aliphatic hydroxyl groups excluding tert-OH is 1. The van der Waals surface area contributed by atoms with Gasteiger partial charge in [0, 0.05) is 0 Å². The van der Waals surface area contributed by atoms with Crippen LogP contribution in [0.4, 0.5) is 0 Å². The summed E-state index contributed by atoms with van der Waals surface area (Å²) in [4.78, 5) is 0. The fraction of sp³-hybridized carbons (Fsp3) is 1.00. The molecule has 2 atom stereocenters. The molecular weight excluding hydrogens is 359 g/mol. The molecule has 0 aromatic carbocycles. The molecule has 0 aliphatic carbocycles. The van der Waals surface area contributed by atoms with E-state index in [0.717, 1.165) is 25.7 Å². The summed E-state index contributed by atoms with van der Waals surface area (Å²) in [5.41, 5.74) is 0. The first kappa shape index (κ1) is 29.1. The van der Waals surface area contributed by atoms with Crippen LogP contribution in [0.3, 0.4) is 0 Å². The zero-order chi connectivity index (χ0) is 19.0. The van der Waals surface area contributed by atoms with Crippen molar-refractivity contribution in [2.75, 3.05) is 0 Å². The molecule has 0 fully saturated rings. The van der Waals surface area contributed by atoms with Crippen molar-refractivity contribution in [1.29, 1.82) is 0 Å². The average Bonchev–Trinajstić information content (AvgIpc) is 2.55. The summed E-state index contributed by atoms with van der Waals surface area (Å²) >= 11 is 0. The molecule has 6 heteroatoms. The van der Waals surface area contributed by atoms with Crippen molar-refractivity contribution < 1.29 is 47.6 Å². The van der Waals surface area contributed by atoms with Gasteiger partial charge in [0.1, 0.15) is 10.1 Å². The summed E-state index contributed by atoms with van der Waals surface area (Å²) in [6.45, 7) is 4.22. The minimum Gasteiger partial charge on any atom is -0.748 e. The second-order valence-electron chi connectivity index (χ2n) is 7.42. The van der Waals surface area contributed by atoms with Crippen LogP contribution in [0.15, 0.2) is 0 Å². The van der Waals surface area contributed by atoms with Gasteiger partial charge in [0.25, 0.3) is 0 Å². The molecular formula is C20H41NaO4S. The number of unbranched alkanes of at least 4 members (excludes halogenated alkanes) is 12. The summed E-state index contributed by atoms with van der Waals surface area (Å²) in [6, 6.07) is 0. The Hall–Kier alpha value is 0.870. The van der Waals surface area contributed by atoms with E-state index in [0.29, 0.717) is 19.3 Å². The molecule has 0 amide bonds. The fourth-order valence-electron chi connectivity index (χ4n) is 3.31. The quantitative estimate of drug-likeness (QED) is 0.218. The third-order valence-corrected chi connectivity index (χ3v) is 6.29. The van der Waals surface area contributed by atoms with Gasteiger partial charge in [-0.15, -0.1) is 0 Å². The van der Waals surface area contributed by atoms with E-state index >= 15 is 0 Å². The molecule has 0 aliphatic heterocycles. The van der Waals surface area contributed by atoms with Gasteiger partial charge < -0.3 is 9.66 Å². The van der Waals surface area contributed by atoms with E-state index in [-0.39, 0.29) is 29.6 Å². The molecule has 0 rings (SSSR count). The first-order chi connectivity index (χ1) is 11.9. The maximum atomic E-state index is 11.4. The van der Waals surface area contributed by atoms with Crippen LogP contribution >= 0.6 is 0 Å². The second kappa shape index (κ2) is 19.2.